The van der Waals surface area contributed by atoms with E-state index in [4.69, 9.17) is 40.3 Å². The highest BCUT2D eigenvalue weighted by molar-refractivity contribution is 7.90. The molecule has 3 atom stereocenters. The van der Waals surface area contributed by atoms with Crippen molar-refractivity contribution in [2.24, 2.45) is 5.41 Å². The number of rotatable bonds is 10. The molecule has 1 amide bonds. The number of carbonyl (C=O) groups excluding carboxylic acids is 1. The van der Waals surface area contributed by atoms with Gasteiger partial charge in [-0.3, -0.25) is 19.8 Å². The number of nitrogens with zero attached hydrogens (tertiary/aromatic N) is 5. The van der Waals surface area contributed by atoms with Crippen LogP contribution in [-0.2, 0) is 29.0 Å². The van der Waals surface area contributed by atoms with Gasteiger partial charge >= 0.3 is 0 Å². The van der Waals surface area contributed by atoms with E-state index >= 15 is 0 Å². The lowest BCUT2D eigenvalue weighted by Gasteiger charge is -2.45. The number of nitrogens with one attached hydrogen (secondary N) is 3. The first-order valence-electron chi connectivity index (χ1n) is 24.3. The molecule has 18 nitrogen and oxygen atoms in total. The molecule has 4 aliphatic heterocycles. The Kier molecular flexibility index (Phi) is 14.3. The maximum atomic E-state index is 14.6. The molecular weight excluding hydrogens is 952 g/mol. The Morgan fingerprint density at radius 2 is 1.77 bits per heavy atom. The van der Waals surface area contributed by atoms with Crippen molar-refractivity contribution < 1.29 is 41.8 Å². The normalized spacial score (nSPS) is 22.3. The fourth-order valence-corrected chi connectivity index (χ4v) is 11.5. The minimum Gasteiger partial charge on any atom is -0.476 e. The SMILES string of the molecule is CC1(C)CC(c2ccc(Cl)cc2)=C2CN3CCN(c4ccc(C(=O)NS(=O)(=O)c5ccc(NCC6COCCO6)c([N+](=O)[O-])c5)c(N5CCCOc6nc7[nH]ccc7cc65)c4)C[C@H]3COCCCO[C@@H]2C1. The van der Waals surface area contributed by atoms with Crippen LogP contribution in [0.5, 0.6) is 5.88 Å². The average molecular weight is 1010 g/mol. The van der Waals surface area contributed by atoms with Gasteiger partial charge in [-0.25, -0.2) is 13.1 Å². The number of H-pyrrole nitrogens is 1. The second kappa shape index (κ2) is 20.7. The molecule has 5 aliphatic rings. The number of fused-ring (bicyclic) bond motifs is 4. The molecule has 376 valence electrons. The highest BCUT2D eigenvalue weighted by Crippen LogP contribution is 2.46. The monoisotopic (exact) mass is 1010 g/mol. The van der Waals surface area contributed by atoms with E-state index in [1.807, 2.05) is 41.3 Å². The number of hydrogen-bond donors (Lipinski definition) is 3. The Morgan fingerprint density at radius 3 is 2.59 bits per heavy atom. The molecule has 0 spiro atoms. The fourth-order valence-electron chi connectivity index (χ4n) is 10.3. The molecule has 1 aliphatic carbocycles. The first kappa shape index (κ1) is 48.8. The summed E-state index contributed by atoms with van der Waals surface area (Å²) in [4.78, 5) is 40.4. The zero-order valence-electron chi connectivity index (χ0n) is 39.9. The van der Waals surface area contributed by atoms with Crippen LogP contribution in [0, 0.1) is 15.5 Å². The molecule has 3 N–H and O–H groups in total. The number of piperazine rings is 1. The third-order valence-electron chi connectivity index (χ3n) is 13.9. The molecule has 3 aromatic carbocycles. The smallest absolute Gasteiger partial charge is 0.293 e. The molecule has 0 bridgehead atoms. The number of ether oxygens (including phenoxy) is 5. The number of hydrogen-bond acceptors (Lipinski definition) is 15. The minimum atomic E-state index is -4.63. The number of halogens is 1. The molecule has 20 heteroatoms. The van der Waals surface area contributed by atoms with Crippen LogP contribution in [-0.4, -0.2) is 138 Å². The summed E-state index contributed by atoms with van der Waals surface area (Å²) < 4.78 is 60.7. The molecule has 2 aromatic heterocycles. The number of benzene rings is 3. The van der Waals surface area contributed by atoms with Crippen molar-refractivity contribution in [2.45, 2.75) is 62.7 Å². The predicted octanol–water partition coefficient (Wildman–Crippen LogP) is 7.56. The molecule has 71 heavy (non-hydrogen) atoms. The lowest BCUT2D eigenvalue weighted by molar-refractivity contribution is -0.384. The number of allylic oxidation sites excluding steroid dienone is 1. The molecule has 5 aromatic rings. The maximum absolute atomic E-state index is 14.6. The van der Waals surface area contributed by atoms with Crippen molar-refractivity contribution in [3.63, 3.8) is 0 Å². The third-order valence-corrected chi connectivity index (χ3v) is 15.5. The predicted molar refractivity (Wildman–Crippen MR) is 271 cm³/mol. The zero-order valence-corrected chi connectivity index (χ0v) is 41.4. The lowest BCUT2D eigenvalue weighted by atomic mass is 9.71. The third kappa shape index (κ3) is 10.9. The molecule has 10 rings (SSSR count). The van der Waals surface area contributed by atoms with E-state index in [1.165, 1.54) is 23.3 Å². The van der Waals surface area contributed by atoms with Crippen LogP contribution in [0.25, 0.3) is 16.6 Å². The van der Waals surface area contributed by atoms with Crippen LogP contribution in [0.15, 0.2) is 89.5 Å². The standard InChI is InChI=1S/C51H59ClN8O10S/c1-51(2)26-41(33-5-7-35(52)8-6-33)42-30-58-17-16-57(29-37(58)31-66-18-4-20-69-47(42)27-51)36-9-11-40(44(24-36)59-15-3-19-70-50-46(59)23-34-13-14-53-48(34)55-50)49(61)56-71(64,65)39-10-12-43(45(25-39)60(62)63)54-28-38-32-67-21-22-68-38/h5-14,23-25,37-38,47,54H,3-4,15-22,26-32H2,1-2H3,(H,53,55)(H,56,61)/t37-,38?,47+/m0/s1. The van der Waals surface area contributed by atoms with Gasteiger partial charge in [0.05, 0.1) is 72.4 Å². The van der Waals surface area contributed by atoms with E-state index in [0.29, 0.717) is 100 Å². The van der Waals surface area contributed by atoms with E-state index in [2.05, 4.69) is 50.8 Å². The van der Waals surface area contributed by atoms with Crippen molar-refractivity contribution in [3.8, 4) is 5.88 Å². The topological polar surface area (TPSA) is 203 Å². The van der Waals surface area contributed by atoms with Gasteiger partial charge in [0.2, 0.25) is 5.88 Å². The van der Waals surface area contributed by atoms with Crippen LogP contribution < -0.4 is 24.6 Å². The minimum absolute atomic E-state index is 0.00612. The van der Waals surface area contributed by atoms with Crippen LogP contribution in [0.1, 0.15) is 55.5 Å². The van der Waals surface area contributed by atoms with Crippen LogP contribution in [0.3, 0.4) is 0 Å². The van der Waals surface area contributed by atoms with Gasteiger partial charge in [0.25, 0.3) is 21.6 Å². The van der Waals surface area contributed by atoms with Gasteiger partial charge < -0.3 is 43.8 Å². The van der Waals surface area contributed by atoms with E-state index < -0.39 is 31.4 Å². The summed E-state index contributed by atoms with van der Waals surface area (Å²) in [7, 11) is -4.63. The van der Waals surface area contributed by atoms with Crippen molar-refractivity contribution in [2.75, 3.05) is 101 Å². The lowest BCUT2D eigenvalue weighted by Crippen LogP contribution is -2.56. The molecule has 6 heterocycles. The molecule has 3 fully saturated rings. The summed E-state index contributed by atoms with van der Waals surface area (Å²) in [5.41, 5.74) is 6.05. The average Bonchev–Trinajstić information content (AvgIpc) is 3.71. The molecule has 1 unspecified atom stereocenters. The molecule has 3 saturated heterocycles. The molecule has 0 saturated carbocycles. The summed E-state index contributed by atoms with van der Waals surface area (Å²) in [5, 5.41) is 16.8. The summed E-state index contributed by atoms with van der Waals surface area (Å²) in [5.74, 6) is -0.540. The van der Waals surface area contributed by atoms with Crippen LogP contribution >= 0.6 is 11.6 Å². The second-order valence-electron chi connectivity index (χ2n) is 19.5. The summed E-state index contributed by atoms with van der Waals surface area (Å²) in [6.07, 6.45) is 4.60. The van der Waals surface area contributed by atoms with Crippen molar-refractivity contribution in [3.05, 3.63) is 111 Å². The number of sulfonamides is 1. The Bertz CT molecular complexity index is 2930. The molecular formula is C51H59ClN8O10S. The fraction of sp³-hybridized carbons (Fsp3) is 0.451. The Hall–Kier alpha value is -5.80. The van der Waals surface area contributed by atoms with Gasteiger partial charge in [-0.15, -0.1) is 0 Å². The van der Waals surface area contributed by atoms with E-state index in [1.54, 1.807) is 12.3 Å². The van der Waals surface area contributed by atoms with Crippen LogP contribution in [0.2, 0.25) is 5.02 Å². The van der Waals surface area contributed by atoms with Crippen molar-refractivity contribution in [1.82, 2.24) is 19.6 Å². The summed E-state index contributed by atoms with van der Waals surface area (Å²) >= 11 is 6.37. The quantitative estimate of drug-likeness (QED) is 0.0913. The van der Waals surface area contributed by atoms with E-state index in [0.717, 1.165) is 55.1 Å². The maximum Gasteiger partial charge on any atom is 0.293 e. The Morgan fingerprint density at radius 1 is 0.930 bits per heavy atom. The first-order chi connectivity index (χ1) is 34.3. The summed E-state index contributed by atoms with van der Waals surface area (Å²) in [6.45, 7) is 11.2. The zero-order chi connectivity index (χ0) is 49.3. The van der Waals surface area contributed by atoms with E-state index in [-0.39, 0.29) is 41.5 Å². The van der Waals surface area contributed by atoms with Crippen molar-refractivity contribution in [1.29, 1.82) is 0 Å². The van der Waals surface area contributed by atoms with Gasteiger partial charge in [0.1, 0.15) is 17.0 Å². The Labute approximate surface area is 417 Å². The number of aromatic nitrogens is 2. The largest absolute Gasteiger partial charge is 0.476 e. The number of pyridine rings is 1. The first-order valence-corrected chi connectivity index (χ1v) is 26.1. The van der Waals surface area contributed by atoms with Gasteiger partial charge in [-0.2, -0.15) is 4.98 Å². The highest BCUT2D eigenvalue weighted by atomic mass is 35.5. The van der Waals surface area contributed by atoms with Gasteiger partial charge in [-0.1, -0.05) is 37.6 Å². The summed E-state index contributed by atoms with van der Waals surface area (Å²) in [6, 6.07) is 20.9. The van der Waals surface area contributed by atoms with E-state index in [9.17, 15) is 23.3 Å². The molecule has 0 radical (unpaired) electrons. The number of nitro benzene ring substituents is 1. The number of carbonyl (C=O) groups is 1. The second-order valence-corrected chi connectivity index (χ2v) is 21.6. The number of aromatic amines is 1. The highest BCUT2D eigenvalue weighted by Gasteiger charge is 2.39. The Balaban J connectivity index is 0.968. The van der Waals surface area contributed by atoms with Gasteiger partial charge in [0.15, 0.2) is 0 Å². The van der Waals surface area contributed by atoms with Gasteiger partial charge in [-0.05, 0) is 102 Å². The number of amides is 1. The van der Waals surface area contributed by atoms with Crippen molar-refractivity contribution >= 4 is 72.6 Å². The van der Waals surface area contributed by atoms with Gasteiger partial charge in [0, 0.05) is 80.8 Å². The number of anilines is 4. The van der Waals surface area contributed by atoms with Crippen LogP contribution in [0.4, 0.5) is 28.4 Å². The number of nitro groups is 1.